The minimum atomic E-state index is -0.262. The van der Waals surface area contributed by atoms with Crippen LogP contribution in [0.1, 0.15) is 46.0 Å². The minimum absolute atomic E-state index is 0.0144. The molecule has 1 saturated heterocycles. The van der Waals surface area contributed by atoms with Crippen LogP contribution in [0.5, 0.6) is 0 Å². The van der Waals surface area contributed by atoms with Gasteiger partial charge in [-0.2, -0.15) is 0 Å². The molecule has 0 radical (unpaired) electrons. The van der Waals surface area contributed by atoms with Gasteiger partial charge in [0.25, 0.3) is 0 Å². The molecule has 20 heavy (non-hydrogen) atoms. The maximum Gasteiger partial charge on any atom is 0.409 e. The molecule has 0 spiro atoms. The Morgan fingerprint density at radius 3 is 2.55 bits per heavy atom. The number of hydrogen-bond donors (Lipinski definition) is 2. The van der Waals surface area contributed by atoms with Crippen molar-refractivity contribution in [2.45, 2.75) is 58.0 Å². The summed E-state index contributed by atoms with van der Waals surface area (Å²) in [5.41, 5.74) is 5.86. The fraction of sp³-hybridized carbons (Fsp3) is 0.857. The van der Waals surface area contributed by atoms with Crippen LogP contribution in [0.15, 0.2) is 0 Å². The molecule has 0 aromatic carbocycles. The Kier molecular flexibility index (Phi) is 7.36. The lowest BCUT2D eigenvalue weighted by Gasteiger charge is -2.31. The van der Waals surface area contributed by atoms with Gasteiger partial charge in [0, 0.05) is 31.6 Å². The van der Waals surface area contributed by atoms with E-state index < -0.39 is 0 Å². The number of nitrogens with zero attached hydrogens (tertiary/aromatic N) is 1. The lowest BCUT2D eigenvalue weighted by Crippen LogP contribution is -2.47. The molecule has 1 aliphatic heterocycles. The number of carbonyl (C=O) groups is 2. The summed E-state index contributed by atoms with van der Waals surface area (Å²) < 4.78 is 4.96. The predicted octanol–water partition coefficient (Wildman–Crippen LogP) is 1.24. The Hall–Kier alpha value is -1.30. The summed E-state index contributed by atoms with van der Waals surface area (Å²) in [7, 11) is 0. The van der Waals surface area contributed by atoms with Crippen molar-refractivity contribution < 1.29 is 14.3 Å². The zero-order valence-corrected chi connectivity index (χ0v) is 12.6. The van der Waals surface area contributed by atoms with Crippen LogP contribution >= 0.6 is 0 Å². The molecule has 1 atom stereocenters. The van der Waals surface area contributed by atoms with Crippen molar-refractivity contribution in [1.29, 1.82) is 0 Å². The number of carbonyl (C=O) groups excluding carboxylic acids is 2. The van der Waals surface area contributed by atoms with E-state index in [0.717, 1.165) is 25.7 Å². The third kappa shape index (κ3) is 5.77. The molecule has 1 heterocycles. The summed E-state index contributed by atoms with van der Waals surface area (Å²) in [6, 6.07) is 0.0848. The molecule has 0 aromatic rings. The van der Waals surface area contributed by atoms with E-state index in [2.05, 4.69) is 12.2 Å². The van der Waals surface area contributed by atoms with E-state index in [4.69, 9.17) is 10.5 Å². The highest BCUT2D eigenvalue weighted by Gasteiger charge is 2.24. The molecule has 1 rings (SSSR count). The largest absolute Gasteiger partial charge is 0.450 e. The van der Waals surface area contributed by atoms with E-state index in [-0.39, 0.29) is 24.1 Å². The molecule has 0 bridgehead atoms. The average Bonchev–Trinajstić information content (AvgIpc) is 2.39. The average molecular weight is 285 g/mol. The SMILES string of the molecule is CCCC(N)CC(=O)NC1CCN(C(=O)OCC)CC1. The molecule has 0 aliphatic carbocycles. The highest BCUT2D eigenvalue weighted by molar-refractivity contribution is 5.77. The highest BCUT2D eigenvalue weighted by Crippen LogP contribution is 2.12. The van der Waals surface area contributed by atoms with Crippen molar-refractivity contribution in [3.05, 3.63) is 0 Å². The summed E-state index contributed by atoms with van der Waals surface area (Å²) >= 11 is 0. The number of hydrogen-bond acceptors (Lipinski definition) is 4. The molecule has 6 heteroatoms. The van der Waals surface area contributed by atoms with Gasteiger partial charge in [0.1, 0.15) is 0 Å². The summed E-state index contributed by atoms with van der Waals surface area (Å²) in [4.78, 5) is 25.1. The molecule has 2 amide bonds. The second-order valence-electron chi connectivity index (χ2n) is 5.28. The summed E-state index contributed by atoms with van der Waals surface area (Å²) in [6.45, 7) is 5.51. The molecular formula is C14H27N3O3. The van der Waals surface area contributed by atoms with E-state index in [1.807, 2.05) is 0 Å². The Morgan fingerprint density at radius 1 is 1.35 bits per heavy atom. The van der Waals surface area contributed by atoms with Crippen LogP contribution in [0.4, 0.5) is 4.79 Å². The van der Waals surface area contributed by atoms with Crippen molar-refractivity contribution in [3.63, 3.8) is 0 Å². The third-order valence-corrected chi connectivity index (χ3v) is 3.49. The first-order valence-corrected chi connectivity index (χ1v) is 7.53. The molecule has 1 unspecified atom stereocenters. The van der Waals surface area contributed by atoms with E-state index >= 15 is 0 Å². The van der Waals surface area contributed by atoms with Gasteiger partial charge >= 0.3 is 6.09 Å². The molecule has 1 aliphatic rings. The monoisotopic (exact) mass is 285 g/mol. The van der Waals surface area contributed by atoms with Gasteiger partial charge in [-0.25, -0.2) is 4.79 Å². The lowest BCUT2D eigenvalue weighted by atomic mass is 10.0. The van der Waals surface area contributed by atoms with Gasteiger partial charge in [-0.3, -0.25) is 4.79 Å². The Morgan fingerprint density at radius 2 is 2.00 bits per heavy atom. The lowest BCUT2D eigenvalue weighted by molar-refractivity contribution is -0.122. The van der Waals surface area contributed by atoms with Gasteiger partial charge in [-0.15, -0.1) is 0 Å². The molecule has 0 aromatic heterocycles. The van der Waals surface area contributed by atoms with Crippen LogP contribution in [-0.2, 0) is 9.53 Å². The predicted molar refractivity (Wildman–Crippen MR) is 77.3 cm³/mol. The van der Waals surface area contributed by atoms with Gasteiger partial charge in [-0.1, -0.05) is 13.3 Å². The quantitative estimate of drug-likeness (QED) is 0.769. The van der Waals surface area contributed by atoms with Gasteiger partial charge in [0.15, 0.2) is 0 Å². The number of nitrogens with two attached hydrogens (primary N) is 1. The van der Waals surface area contributed by atoms with E-state index in [9.17, 15) is 9.59 Å². The van der Waals surface area contributed by atoms with Crippen LogP contribution in [0, 0.1) is 0 Å². The molecular weight excluding hydrogens is 258 g/mol. The van der Waals surface area contributed by atoms with E-state index in [1.165, 1.54) is 0 Å². The van der Waals surface area contributed by atoms with Crippen LogP contribution in [0.2, 0.25) is 0 Å². The van der Waals surface area contributed by atoms with Crippen molar-refractivity contribution in [3.8, 4) is 0 Å². The first-order valence-electron chi connectivity index (χ1n) is 7.53. The topological polar surface area (TPSA) is 84.7 Å². The fourth-order valence-electron chi connectivity index (χ4n) is 2.42. The Labute approximate surface area is 121 Å². The van der Waals surface area contributed by atoms with Gasteiger partial charge < -0.3 is 20.7 Å². The zero-order valence-electron chi connectivity index (χ0n) is 12.6. The number of likely N-dealkylation sites (tertiary alicyclic amines) is 1. The van der Waals surface area contributed by atoms with Crippen LogP contribution in [-0.4, -0.2) is 48.7 Å². The molecule has 0 saturated carbocycles. The van der Waals surface area contributed by atoms with Gasteiger partial charge in [0.2, 0.25) is 5.91 Å². The Bertz CT molecular complexity index is 315. The summed E-state index contributed by atoms with van der Waals surface area (Å²) in [5.74, 6) is 0.0144. The fourth-order valence-corrected chi connectivity index (χ4v) is 2.42. The van der Waals surface area contributed by atoms with Crippen LogP contribution < -0.4 is 11.1 Å². The highest BCUT2D eigenvalue weighted by atomic mass is 16.6. The minimum Gasteiger partial charge on any atom is -0.450 e. The third-order valence-electron chi connectivity index (χ3n) is 3.49. The maximum absolute atomic E-state index is 11.8. The van der Waals surface area contributed by atoms with Crippen molar-refractivity contribution >= 4 is 12.0 Å². The number of ether oxygens (including phenoxy) is 1. The first kappa shape index (κ1) is 16.8. The number of amides is 2. The van der Waals surface area contributed by atoms with Crippen LogP contribution in [0.25, 0.3) is 0 Å². The molecule has 6 nitrogen and oxygen atoms in total. The first-order chi connectivity index (χ1) is 9.56. The van der Waals surface area contributed by atoms with E-state index in [1.54, 1.807) is 11.8 Å². The smallest absolute Gasteiger partial charge is 0.409 e. The molecule has 3 N–H and O–H groups in total. The number of nitrogens with one attached hydrogen (secondary N) is 1. The molecule has 116 valence electrons. The zero-order chi connectivity index (χ0) is 15.0. The van der Waals surface area contributed by atoms with Gasteiger partial charge in [0.05, 0.1) is 6.61 Å². The van der Waals surface area contributed by atoms with Crippen molar-refractivity contribution in [2.24, 2.45) is 5.73 Å². The van der Waals surface area contributed by atoms with Gasteiger partial charge in [-0.05, 0) is 26.2 Å². The van der Waals surface area contributed by atoms with Crippen molar-refractivity contribution in [1.82, 2.24) is 10.2 Å². The second kappa shape index (κ2) is 8.79. The standard InChI is InChI=1S/C14H27N3O3/c1-3-5-11(15)10-13(18)16-12-6-8-17(9-7-12)14(19)20-4-2/h11-12H,3-10,15H2,1-2H3,(H,16,18). The summed E-state index contributed by atoms with van der Waals surface area (Å²) in [6.07, 6.45) is 3.52. The number of piperidine rings is 1. The Balaban J connectivity index is 2.25. The molecule has 1 fully saturated rings. The maximum atomic E-state index is 11.8. The van der Waals surface area contributed by atoms with Crippen LogP contribution in [0.3, 0.4) is 0 Å². The van der Waals surface area contributed by atoms with E-state index in [0.29, 0.717) is 26.1 Å². The van der Waals surface area contributed by atoms with Crippen molar-refractivity contribution in [2.75, 3.05) is 19.7 Å². The second-order valence-corrected chi connectivity index (χ2v) is 5.28. The number of rotatable bonds is 6. The normalized spacial score (nSPS) is 17.6. The summed E-state index contributed by atoms with van der Waals surface area (Å²) in [5, 5.41) is 3.00.